The van der Waals surface area contributed by atoms with Gasteiger partial charge < -0.3 is 15.8 Å². The molecule has 2 aromatic rings. The summed E-state index contributed by atoms with van der Waals surface area (Å²) in [6.07, 6.45) is 1.95. The molecule has 0 atom stereocenters. The highest BCUT2D eigenvalue weighted by molar-refractivity contribution is 6.05. The maximum Gasteiger partial charge on any atom is 0.305 e. The molecule has 0 saturated carbocycles. The lowest BCUT2D eigenvalue weighted by molar-refractivity contribution is -0.143. The Morgan fingerprint density at radius 2 is 1.84 bits per heavy atom. The van der Waals surface area contributed by atoms with Gasteiger partial charge in [0.15, 0.2) is 0 Å². The van der Waals surface area contributed by atoms with E-state index in [9.17, 15) is 9.59 Å². The van der Waals surface area contributed by atoms with Gasteiger partial charge in [-0.3, -0.25) is 9.59 Å². The smallest absolute Gasteiger partial charge is 0.305 e. The zero-order valence-corrected chi connectivity index (χ0v) is 14.7. The van der Waals surface area contributed by atoms with Gasteiger partial charge in [0.1, 0.15) is 0 Å². The molecule has 0 aliphatic rings. The Morgan fingerprint density at radius 1 is 1.12 bits per heavy atom. The van der Waals surface area contributed by atoms with Gasteiger partial charge >= 0.3 is 5.97 Å². The minimum Gasteiger partial charge on any atom is -0.466 e. The van der Waals surface area contributed by atoms with E-state index in [1.165, 1.54) is 0 Å². The largest absolute Gasteiger partial charge is 0.466 e. The predicted molar refractivity (Wildman–Crippen MR) is 99.6 cm³/mol. The third-order valence-electron chi connectivity index (χ3n) is 3.87. The van der Waals surface area contributed by atoms with Crippen molar-refractivity contribution in [1.82, 2.24) is 0 Å². The number of nitrogens with two attached hydrogens (primary N) is 1. The lowest BCUT2D eigenvalue weighted by atomic mass is 10.1. The lowest BCUT2D eigenvalue weighted by Gasteiger charge is -2.09. The van der Waals surface area contributed by atoms with E-state index in [2.05, 4.69) is 5.32 Å². The van der Waals surface area contributed by atoms with Gasteiger partial charge in [-0.05, 0) is 62.1 Å². The van der Waals surface area contributed by atoms with Crippen molar-refractivity contribution in [2.45, 2.75) is 33.1 Å². The number of nitrogens with one attached hydrogen (secondary N) is 1. The topological polar surface area (TPSA) is 81.4 Å². The maximum atomic E-state index is 12.4. The minimum atomic E-state index is -0.181. The Hall–Kier alpha value is -2.82. The summed E-state index contributed by atoms with van der Waals surface area (Å²) in [6, 6.07) is 12.9. The fourth-order valence-corrected chi connectivity index (χ4v) is 2.51. The van der Waals surface area contributed by atoms with Crippen LogP contribution in [0.4, 0.5) is 11.4 Å². The number of benzene rings is 2. The number of rotatable bonds is 7. The van der Waals surface area contributed by atoms with Gasteiger partial charge in [0.05, 0.1) is 6.61 Å². The van der Waals surface area contributed by atoms with Crippen LogP contribution in [0.3, 0.4) is 0 Å². The molecule has 0 spiro atoms. The highest BCUT2D eigenvalue weighted by atomic mass is 16.5. The van der Waals surface area contributed by atoms with Gasteiger partial charge in [0, 0.05) is 23.4 Å². The molecule has 0 fully saturated rings. The Labute approximate surface area is 148 Å². The molecule has 0 aromatic heterocycles. The number of esters is 1. The van der Waals surface area contributed by atoms with Crippen LogP contribution in [-0.2, 0) is 16.0 Å². The Kier molecular flexibility index (Phi) is 6.57. The van der Waals surface area contributed by atoms with Gasteiger partial charge in [-0.2, -0.15) is 0 Å². The van der Waals surface area contributed by atoms with Crippen LogP contribution in [0.15, 0.2) is 42.5 Å². The van der Waals surface area contributed by atoms with E-state index < -0.39 is 0 Å². The monoisotopic (exact) mass is 340 g/mol. The number of hydrogen-bond donors (Lipinski definition) is 2. The summed E-state index contributed by atoms with van der Waals surface area (Å²) in [7, 11) is 0. The van der Waals surface area contributed by atoms with Gasteiger partial charge in [-0.25, -0.2) is 0 Å². The molecule has 1 amide bonds. The average Bonchev–Trinajstić information content (AvgIpc) is 2.59. The first kappa shape index (κ1) is 18.5. The van der Waals surface area contributed by atoms with Gasteiger partial charge in [-0.1, -0.05) is 18.2 Å². The van der Waals surface area contributed by atoms with E-state index in [-0.39, 0.29) is 11.9 Å². The van der Waals surface area contributed by atoms with Crippen molar-refractivity contribution >= 4 is 23.3 Å². The van der Waals surface area contributed by atoms with Crippen LogP contribution in [0, 0.1) is 6.92 Å². The molecule has 0 heterocycles. The minimum absolute atomic E-state index is 0.163. The number of aryl methyl sites for hydroxylation is 2. The number of hydrogen-bond acceptors (Lipinski definition) is 4. The number of carbonyl (C=O) groups is 2. The third-order valence-corrected chi connectivity index (χ3v) is 3.87. The molecule has 0 aliphatic heterocycles. The molecule has 2 rings (SSSR count). The summed E-state index contributed by atoms with van der Waals surface area (Å²) in [4.78, 5) is 23.7. The number of amides is 1. The van der Waals surface area contributed by atoms with Crippen LogP contribution in [0.5, 0.6) is 0 Å². The Bertz CT molecular complexity index is 739. The van der Waals surface area contributed by atoms with Crippen LogP contribution in [0.25, 0.3) is 0 Å². The van der Waals surface area contributed by atoms with Crippen molar-refractivity contribution in [3.63, 3.8) is 0 Å². The zero-order chi connectivity index (χ0) is 18.2. The van der Waals surface area contributed by atoms with Crippen LogP contribution in [0.2, 0.25) is 0 Å². The normalized spacial score (nSPS) is 10.3. The first-order chi connectivity index (χ1) is 12.0. The van der Waals surface area contributed by atoms with E-state index >= 15 is 0 Å². The summed E-state index contributed by atoms with van der Waals surface area (Å²) in [6.45, 7) is 4.09. The van der Waals surface area contributed by atoms with Crippen molar-refractivity contribution in [3.8, 4) is 0 Å². The Morgan fingerprint density at radius 3 is 2.52 bits per heavy atom. The van der Waals surface area contributed by atoms with Crippen LogP contribution >= 0.6 is 0 Å². The quantitative estimate of drug-likeness (QED) is 0.594. The second-order valence-electron chi connectivity index (χ2n) is 5.88. The highest BCUT2D eigenvalue weighted by Gasteiger charge is 2.10. The van der Waals surface area contributed by atoms with E-state index in [0.29, 0.717) is 24.3 Å². The summed E-state index contributed by atoms with van der Waals surface area (Å²) < 4.78 is 4.91. The summed E-state index contributed by atoms with van der Waals surface area (Å²) in [5.74, 6) is -0.344. The molecule has 3 N–H and O–H groups in total. The van der Waals surface area contributed by atoms with E-state index in [0.717, 1.165) is 29.7 Å². The molecule has 0 unspecified atom stereocenters. The number of carbonyl (C=O) groups excluding carboxylic acids is 2. The van der Waals surface area contributed by atoms with Crippen molar-refractivity contribution in [3.05, 3.63) is 59.2 Å². The van der Waals surface area contributed by atoms with Gasteiger partial charge in [0.25, 0.3) is 5.91 Å². The van der Waals surface area contributed by atoms with Crippen LogP contribution in [-0.4, -0.2) is 18.5 Å². The maximum absolute atomic E-state index is 12.4. The zero-order valence-electron chi connectivity index (χ0n) is 14.7. The molecule has 5 nitrogen and oxygen atoms in total. The lowest BCUT2D eigenvalue weighted by Crippen LogP contribution is -2.13. The number of ether oxygens (including phenoxy) is 1. The average molecular weight is 340 g/mol. The van der Waals surface area contributed by atoms with Gasteiger partial charge in [-0.15, -0.1) is 0 Å². The molecule has 132 valence electrons. The van der Waals surface area contributed by atoms with Crippen molar-refractivity contribution in [2.24, 2.45) is 0 Å². The first-order valence-electron chi connectivity index (χ1n) is 8.41. The second kappa shape index (κ2) is 8.87. The molecule has 5 heteroatoms. The number of nitrogen functional groups attached to an aromatic ring is 1. The van der Waals surface area contributed by atoms with Crippen molar-refractivity contribution in [1.29, 1.82) is 0 Å². The fraction of sp³-hybridized carbons (Fsp3) is 0.300. The SMILES string of the molecule is CCOC(=O)CCCc1ccc(NC(=O)c2cc(N)ccc2C)cc1. The third kappa shape index (κ3) is 5.64. The molecule has 25 heavy (non-hydrogen) atoms. The standard InChI is InChI=1S/C20H24N2O3/c1-3-25-19(23)6-4-5-15-8-11-17(12-9-15)22-20(24)18-13-16(21)10-7-14(18)2/h7-13H,3-6,21H2,1-2H3,(H,22,24). The summed E-state index contributed by atoms with van der Waals surface area (Å²) in [5.41, 5.74) is 9.60. The van der Waals surface area contributed by atoms with E-state index in [4.69, 9.17) is 10.5 Å². The van der Waals surface area contributed by atoms with E-state index in [1.807, 2.05) is 37.3 Å². The summed E-state index contributed by atoms with van der Waals surface area (Å²) in [5, 5.41) is 2.88. The number of anilines is 2. The van der Waals surface area contributed by atoms with Crippen LogP contribution in [0.1, 0.15) is 41.3 Å². The molecule has 2 aromatic carbocycles. The first-order valence-corrected chi connectivity index (χ1v) is 8.41. The summed E-state index contributed by atoms with van der Waals surface area (Å²) >= 11 is 0. The Balaban J connectivity index is 1.90. The molecule has 0 saturated heterocycles. The molecule has 0 bridgehead atoms. The molecular weight excluding hydrogens is 316 g/mol. The van der Waals surface area contributed by atoms with E-state index in [1.54, 1.807) is 19.1 Å². The van der Waals surface area contributed by atoms with Crippen molar-refractivity contribution < 1.29 is 14.3 Å². The van der Waals surface area contributed by atoms with Crippen molar-refractivity contribution in [2.75, 3.05) is 17.7 Å². The predicted octanol–water partition coefficient (Wildman–Crippen LogP) is 3.72. The molecule has 0 aliphatic carbocycles. The van der Waals surface area contributed by atoms with Crippen LogP contribution < -0.4 is 11.1 Å². The molecular formula is C20H24N2O3. The molecule has 0 radical (unpaired) electrons. The van der Waals surface area contributed by atoms with Gasteiger partial charge in [0.2, 0.25) is 0 Å². The highest BCUT2D eigenvalue weighted by Crippen LogP contribution is 2.17. The second-order valence-corrected chi connectivity index (χ2v) is 5.88. The fourth-order valence-electron chi connectivity index (χ4n) is 2.51.